The van der Waals surface area contributed by atoms with Crippen molar-refractivity contribution in [3.8, 4) is 23.0 Å². The van der Waals surface area contributed by atoms with Crippen molar-refractivity contribution in [1.29, 1.82) is 0 Å². The number of likely N-dealkylation sites (tertiary alicyclic amines) is 4. The number of benzene rings is 4. The number of aliphatic imine (C=N–C) groups is 4. The minimum atomic E-state index is -0.508. The van der Waals surface area contributed by atoms with Gasteiger partial charge in [0.05, 0.1) is 19.6 Å². The SMILES string of the molecule is C.C.C.C.CCN(CC)C(=O)Oc1cc(F)ccc1/C=C1\SC(N2CCCCN2)=NC1=S.CCN(CC)[C@@H]1CCN(C(=O)Oc2cc(F)ccc2/C=C2\SC(N3CCCCN3)=NC2=S)C1.CCN(CC)[C@@H]1CCN(C(=O)Oc2cc(F)ccc2/C=C2\SC(N3CCCCN3)=NC2=S)C1.O=C(Oc1cc(F)ccc1/C=C1\SC(N2CCCCN2)=NC1=S)N1CC[C@@H](N2CCCC2)C1. The molecule has 3 atom stereocenters. The molecule has 4 N–H and O–H groups in total. The van der Waals surface area contributed by atoms with Crippen molar-refractivity contribution >= 4 is 185 Å². The Morgan fingerprint density at radius 1 is 0.382 bits per heavy atom. The van der Waals surface area contributed by atoms with E-state index in [9.17, 15) is 36.7 Å². The Labute approximate surface area is 808 Å². The van der Waals surface area contributed by atoms with Gasteiger partial charge < -0.3 is 38.5 Å². The van der Waals surface area contributed by atoms with Gasteiger partial charge in [-0.2, -0.15) is 0 Å². The van der Waals surface area contributed by atoms with Crippen LogP contribution in [-0.2, 0) is 0 Å². The van der Waals surface area contributed by atoms with Gasteiger partial charge in [0.15, 0.2) is 20.7 Å². The summed E-state index contributed by atoms with van der Waals surface area (Å²) in [5.41, 5.74) is 15.7. The van der Waals surface area contributed by atoms with Crippen LogP contribution in [0.1, 0.15) is 177 Å². The number of amidine groups is 4. The molecular weight excluding hydrogens is 1830 g/mol. The maximum Gasteiger partial charge on any atom is 0.415 e. The number of nitrogens with zero attached hydrogens (tertiary/aromatic N) is 15. The molecule has 4 aromatic carbocycles. The van der Waals surface area contributed by atoms with Crippen LogP contribution in [0.3, 0.4) is 0 Å². The number of carbonyl (C=O) groups excluding carboxylic acids is 4. The van der Waals surface area contributed by atoms with Gasteiger partial charge in [-0.05, 0) is 256 Å². The van der Waals surface area contributed by atoms with Crippen molar-refractivity contribution in [3.63, 3.8) is 0 Å². The number of thiocarbonyl (C=S) groups is 4. The number of halogens is 4. The molecule has 131 heavy (non-hydrogen) atoms. The van der Waals surface area contributed by atoms with Gasteiger partial charge in [0.25, 0.3) is 0 Å². The molecule has 0 unspecified atom stereocenters. The van der Waals surface area contributed by atoms with Gasteiger partial charge in [-0.25, -0.2) is 78.4 Å². The quantitative estimate of drug-likeness (QED) is 0.0436. The van der Waals surface area contributed by atoms with Crippen molar-refractivity contribution in [3.05, 3.63) is 138 Å². The van der Waals surface area contributed by atoms with Crippen LogP contribution in [0, 0.1) is 23.3 Å². The molecule has 12 aliphatic rings. The highest BCUT2D eigenvalue weighted by Crippen LogP contribution is 2.40. The molecule has 4 amide bonds. The average molecular weight is 1960 g/mol. The summed E-state index contributed by atoms with van der Waals surface area (Å²) in [6, 6.07) is 17.8. The third-order valence-electron chi connectivity index (χ3n) is 23.2. The number of hydrogen-bond donors (Lipinski definition) is 4. The second kappa shape index (κ2) is 52.2. The van der Waals surface area contributed by atoms with Crippen molar-refractivity contribution in [2.45, 2.75) is 173 Å². The summed E-state index contributed by atoms with van der Waals surface area (Å²) >= 11 is 27.7. The number of hydrazine groups is 4. The van der Waals surface area contributed by atoms with Crippen LogP contribution in [0.4, 0.5) is 36.7 Å². The topological polar surface area (TPSA) is 238 Å². The zero-order chi connectivity index (χ0) is 89.6. The van der Waals surface area contributed by atoms with Crippen LogP contribution in [0.2, 0.25) is 0 Å². The highest BCUT2D eigenvalue weighted by atomic mass is 32.2. The van der Waals surface area contributed by atoms with Gasteiger partial charge in [0, 0.05) is 169 Å². The summed E-state index contributed by atoms with van der Waals surface area (Å²) in [5.74, 6) is -1.11. The normalized spacial score (nSPS) is 21.6. The first-order valence-electron chi connectivity index (χ1n) is 44.0. The van der Waals surface area contributed by atoms with E-state index in [1.54, 1.807) is 45.0 Å². The number of nitrogens with one attached hydrogen (secondary N) is 4. The minimum Gasteiger partial charge on any atom is -0.409 e. The van der Waals surface area contributed by atoms with Crippen LogP contribution in [0.25, 0.3) is 24.3 Å². The van der Waals surface area contributed by atoms with Gasteiger partial charge in [-0.3, -0.25) is 34.7 Å². The molecule has 0 saturated carbocycles. The first-order valence-corrected chi connectivity index (χ1v) is 48.9. The Morgan fingerprint density at radius 2 is 0.656 bits per heavy atom. The van der Waals surface area contributed by atoms with Gasteiger partial charge >= 0.3 is 24.4 Å². The third-order valence-corrected chi connectivity index (χ3v) is 29.1. The minimum absolute atomic E-state index is 0. The number of thioether (sulfide) groups is 4. The van der Waals surface area contributed by atoms with Crippen molar-refractivity contribution < 1.29 is 55.7 Å². The molecule has 0 bridgehead atoms. The maximum absolute atomic E-state index is 14.0. The zero-order valence-electron chi connectivity index (χ0n) is 72.5. The van der Waals surface area contributed by atoms with Crippen LogP contribution < -0.4 is 40.7 Å². The lowest BCUT2D eigenvalue weighted by atomic mass is 10.2. The van der Waals surface area contributed by atoms with E-state index >= 15 is 0 Å². The summed E-state index contributed by atoms with van der Waals surface area (Å²) in [6.45, 7) is 30.2. The largest absolute Gasteiger partial charge is 0.415 e. The van der Waals surface area contributed by atoms with E-state index < -0.39 is 47.6 Å². The van der Waals surface area contributed by atoms with E-state index in [1.165, 1.54) is 113 Å². The van der Waals surface area contributed by atoms with Crippen molar-refractivity contribution in [2.24, 2.45) is 20.0 Å². The van der Waals surface area contributed by atoms with Crippen LogP contribution in [-0.4, -0.2) is 281 Å². The Balaban J connectivity index is 0.000000195. The van der Waals surface area contributed by atoms with Crippen LogP contribution in [0.5, 0.6) is 23.0 Å². The lowest BCUT2D eigenvalue weighted by molar-refractivity contribution is 0.154. The monoisotopic (exact) mass is 1960 g/mol. The standard InChI is InChI=1S/C23H28FN5O2S2.2C23H30FN5O2S2.C19H23FN4O2S2.4CH4/c24-17-6-5-16(13-20-21(32)26-22(33-20)29-11-2-1-8-25-29)19(14-17)31-23(30)28-12-7-18(15-28)27-9-3-4-10-27;2*1-3-27(4-2)18-9-12-28(15-18)23(30)31-19-14-17(24)8-7-16(19)13-20-21(32)26-22(33-20)29-11-6-5-10-25-29;1-3-23(4-2)19(25)26-15-12-14(20)8-7-13(15)11-16-17(27)22-18(28-16)24-10-6-5-9-21-24;;;;/h5-6,13-14,18,25H,1-4,7-12,15H2;2*7-8,13-14,18,25H,3-6,9-12,15H2,1-2H3;7-8,11-12,21H,3-6,9-10H2,1-2H3;4*1H4/b3*20-13-;16-11-;;;;/t3*18-;;;;;/m111...../s1. The van der Waals surface area contributed by atoms with Gasteiger partial charge in [-0.1, -0.05) is 106 Å². The fraction of sp³-hybridized carbons (Fsp3) is 0.522. The number of likely N-dealkylation sites (N-methyl/N-ethyl adjacent to an activating group) is 2. The molecule has 0 radical (unpaired) electrons. The first kappa shape index (κ1) is 107. The third kappa shape index (κ3) is 29.0. The smallest absolute Gasteiger partial charge is 0.409 e. The molecule has 4 aromatic rings. The number of amides is 4. The van der Waals surface area contributed by atoms with Gasteiger partial charge in [0.2, 0.25) is 0 Å². The number of ether oxygens (including phenoxy) is 4. The Bertz CT molecular complexity index is 4580. The number of hydrogen-bond acceptors (Lipinski definition) is 27. The second-order valence-electron chi connectivity index (χ2n) is 31.5. The predicted octanol–water partition coefficient (Wildman–Crippen LogP) is 18.7. The lowest BCUT2D eigenvalue weighted by Crippen LogP contribution is -2.45. The lowest BCUT2D eigenvalue weighted by Gasteiger charge is -2.28. The molecular formula is C92H127F4N19O8S8. The zero-order valence-corrected chi connectivity index (χ0v) is 79.0. The summed E-state index contributed by atoms with van der Waals surface area (Å²) < 4.78 is 78.3. The fourth-order valence-electron chi connectivity index (χ4n) is 16.2. The van der Waals surface area contributed by atoms with E-state index in [1.807, 2.05) is 52.1 Å². The summed E-state index contributed by atoms with van der Waals surface area (Å²) in [7, 11) is 0. The molecule has 0 aliphatic carbocycles. The molecule has 0 aromatic heterocycles. The first-order chi connectivity index (χ1) is 61.5. The number of carbonyl (C=O) groups is 4. The maximum atomic E-state index is 14.0. The predicted molar refractivity (Wildman–Crippen MR) is 544 cm³/mol. The summed E-state index contributed by atoms with van der Waals surface area (Å²) in [5, 5.41) is 11.3. The molecule has 0 spiro atoms. The van der Waals surface area contributed by atoms with E-state index in [0.717, 1.165) is 203 Å². The van der Waals surface area contributed by atoms with E-state index in [-0.39, 0.29) is 52.7 Å². The summed E-state index contributed by atoms with van der Waals surface area (Å²) in [4.78, 5) is 87.7. The highest BCUT2D eigenvalue weighted by Gasteiger charge is 2.37. The summed E-state index contributed by atoms with van der Waals surface area (Å²) in [6.07, 6.45) is 19.6. The molecule has 8 saturated heterocycles. The Hall–Kier alpha value is -8.00. The molecule has 12 heterocycles. The molecule has 27 nitrogen and oxygen atoms in total. The van der Waals surface area contributed by atoms with E-state index in [0.29, 0.717) is 113 Å². The van der Waals surface area contributed by atoms with Gasteiger partial charge in [-0.15, -0.1) is 0 Å². The highest BCUT2D eigenvalue weighted by molar-refractivity contribution is 8.20. The van der Waals surface area contributed by atoms with Crippen molar-refractivity contribution in [1.82, 2.24) is 76.0 Å². The molecule has 714 valence electrons. The van der Waals surface area contributed by atoms with E-state index in [4.69, 9.17) is 67.8 Å². The molecule has 12 aliphatic heterocycles. The Kier molecular flexibility index (Phi) is 42.5. The van der Waals surface area contributed by atoms with Crippen LogP contribution >= 0.6 is 95.9 Å². The Morgan fingerprint density at radius 3 is 0.931 bits per heavy atom. The van der Waals surface area contributed by atoms with Crippen LogP contribution in [0.15, 0.2) is 112 Å². The van der Waals surface area contributed by atoms with E-state index in [2.05, 4.69) is 84.1 Å². The molecule has 39 heteroatoms. The van der Waals surface area contributed by atoms with Crippen molar-refractivity contribution in [2.75, 3.05) is 144 Å². The average Bonchev–Trinajstić information content (AvgIpc) is 1.59. The molecule has 8 fully saturated rings. The molecule has 16 rings (SSSR count). The fourth-order valence-corrected chi connectivity index (χ4v) is 21.2. The van der Waals surface area contributed by atoms with Gasteiger partial charge in [0.1, 0.15) is 66.2 Å². The second-order valence-corrected chi connectivity index (χ2v) is 37.1. The number of rotatable bonds is 17.